The van der Waals surface area contributed by atoms with E-state index in [2.05, 4.69) is 24.0 Å². The molecule has 0 spiro atoms. The predicted octanol–water partition coefficient (Wildman–Crippen LogP) is 3.92. The molecule has 118 valence electrons. The molecule has 0 aliphatic rings. The van der Waals surface area contributed by atoms with Gasteiger partial charge in [0.05, 0.1) is 25.9 Å². The zero-order valence-electron chi connectivity index (χ0n) is 13.4. The Kier molecular flexibility index (Phi) is 5.65. The maximum absolute atomic E-state index is 8.82. The Balaban J connectivity index is 2.19. The van der Waals surface area contributed by atoms with Crippen LogP contribution in [0.15, 0.2) is 49.1 Å². The fraction of sp³-hybridized carbons (Fsp3) is 0.211. The van der Waals surface area contributed by atoms with E-state index in [-0.39, 0.29) is 0 Å². The minimum absolute atomic E-state index is 0.648. The number of hydrogen-bond donors (Lipinski definition) is 1. The van der Waals surface area contributed by atoms with Crippen LogP contribution >= 0.6 is 0 Å². The van der Waals surface area contributed by atoms with Crippen LogP contribution in [0.2, 0.25) is 0 Å². The minimum Gasteiger partial charge on any atom is -0.493 e. The van der Waals surface area contributed by atoms with Crippen molar-refractivity contribution < 1.29 is 9.47 Å². The largest absolute Gasteiger partial charge is 0.493 e. The van der Waals surface area contributed by atoms with Crippen LogP contribution in [-0.4, -0.2) is 14.2 Å². The molecule has 0 amide bonds. The number of benzene rings is 2. The van der Waals surface area contributed by atoms with Gasteiger partial charge in [-0.3, -0.25) is 0 Å². The molecule has 2 rings (SSSR count). The van der Waals surface area contributed by atoms with E-state index in [9.17, 15) is 0 Å². The SMILES string of the molecule is C=CCc1cc(CNc2ccc(C#N)cc2)cc(OC)c1OC. The quantitative estimate of drug-likeness (QED) is 0.788. The van der Waals surface area contributed by atoms with Gasteiger partial charge in [-0.2, -0.15) is 5.26 Å². The number of allylic oxidation sites excluding steroid dienone is 1. The van der Waals surface area contributed by atoms with Crippen LogP contribution in [0.5, 0.6) is 11.5 Å². The Bertz CT molecular complexity index is 715. The molecular formula is C19H20N2O2. The summed E-state index contributed by atoms with van der Waals surface area (Å²) in [5.74, 6) is 1.46. The van der Waals surface area contributed by atoms with Crippen molar-refractivity contribution in [2.75, 3.05) is 19.5 Å². The molecule has 2 aromatic rings. The monoisotopic (exact) mass is 308 g/mol. The molecule has 0 fully saturated rings. The van der Waals surface area contributed by atoms with E-state index in [4.69, 9.17) is 14.7 Å². The number of rotatable bonds is 7. The molecule has 0 aliphatic carbocycles. The first-order valence-corrected chi connectivity index (χ1v) is 7.30. The smallest absolute Gasteiger partial charge is 0.164 e. The molecule has 0 saturated carbocycles. The molecule has 0 heterocycles. The van der Waals surface area contributed by atoms with Gasteiger partial charge in [-0.1, -0.05) is 6.08 Å². The van der Waals surface area contributed by atoms with Crippen molar-refractivity contribution in [1.29, 1.82) is 5.26 Å². The fourth-order valence-corrected chi connectivity index (χ4v) is 2.38. The van der Waals surface area contributed by atoms with Crippen LogP contribution in [0.4, 0.5) is 5.69 Å². The van der Waals surface area contributed by atoms with E-state index in [1.165, 1.54) is 0 Å². The maximum atomic E-state index is 8.82. The molecule has 0 aromatic heterocycles. The summed E-state index contributed by atoms with van der Waals surface area (Å²) in [6.07, 6.45) is 2.55. The zero-order valence-corrected chi connectivity index (χ0v) is 13.4. The summed E-state index contributed by atoms with van der Waals surface area (Å²) in [7, 11) is 3.27. The fourth-order valence-electron chi connectivity index (χ4n) is 2.38. The Labute approximate surface area is 137 Å². The van der Waals surface area contributed by atoms with E-state index >= 15 is 0 Å². The van der Waals surface area contributed by atoms with Gasteiger partial charge in [0.1, 0.15) is 0 Å². The van der Waals surface area contributed by atoms with Crippen molar-refractivity contribution in [3.63, 3.8) is 0 Å². The first-order chi connectivity index (χ1) is 11.2. The number of ether oxygens (including phenoxy) is 2. The van der Waals surface area contributed by atoms with Gasteiger partial charge in [0.15, 0.2) is 11.5 Å². The van der Waals surface area contributed by atoms with E-state index < -0.39 is 0 Å². The molecule has 0 bridgehead atoms. The minimum atomic E-state index is 0.648. The predicted molar refractivity (Wildman–Crippen MR) is 91.9 cm³/mol. The third-order valence-corrected chi connectivity index (χ3v) is 3.49. The highest BCUT2D eigenvalue weighted by Gasteiger charge is 2.11. The van der Waals surface area contributed by atoms with Gasteiger partial charge in [-0.15, -0.1) is 6.58 Å². The summed E-state index contributed by atoms with van der Waals surface area (Å²) in [4.78, 5) is 0. The van der Waals surface area contributed by atoms with E-state index in [1.807, 2.05) is 24.3 Å². The van der Waals surface area contributed by atoms with Crippen molar-refractivity contribution in [3.05, 3.63) is 65.7 Å². The van der Waals surface area contributed by atoms with Gasteiger partial charge in [0, 0.05) is 17.8 Å². The van der Waals surface area contributed by atoms with Crippen LogP contribution in [0.1, 0.15) is 16.7 Å². The Hall–Kier alpha value is -2.93. The van der Waals surface area contributed by atoms with Crippen LogP contribution in [0, 0.1) is 11.3 Å². The number of nitrogens with zero attached hydrogens (tertiary/aromatic N) is 1. The topological polar surface area (TPSA) is 54.3 Å². The molecular weight excluding hydrogens is 288 g/mol. The summed E-state index contributed by atoms with van der Waals surface area (Å²) in [5.41, 5.74) is 3.74. The molecule has 0 unspecified atom stereocenters. The lowest BCUT2D eigenvalue weighted by Gasteiger charge is -2.15. The van der Waals surface area contributed by atoms with Crippen molar-refractivity contribution in [2.45, 2.75) is 13.0 Å². The second kappa shape index (κ2) is 7.90. The molecule has 0 aliphatic heterocycles. The number of nitriles is 1. The van der Waals surface area contributed by atoms with Gasteiger partial charge < -0.3 is 14.8 Å². The molecule has 4 heteroatoms. The van der Waals surface area contributed by atoms with E-state index in [0.29, 0.717) is 24.3 Å². The van der Waals surface area contributed by atoms with Gasteiger partial charge >= 0.3 is 0 Å². The van der Waals surface area contributed by atoms with Crippen molar-refractivity contribution in [1.82, 2.24) is 0 Å². The molecule has 0 saturated heterocycles. The molecule has 0 radical (unpaired) electrons. The second-order valence-electron chi connectivity index (χ2n) is 5.03. The average molecular weight is 308 g/mol. The number of anilines is 1. The van der Waals surface area contributed by atoms with Crippen molar-refractivity contribution in [2.24, 2.45) is 0 Å². The van der Waals surface area contributed by atoms with Crippen molar-refractivity contribution in [3.8, 4) is 17.6 Å². The Morgan fingerprint density at radius 2 is 1.91 bits per heavy atom. The number of hydrogen-bond acceptors (Lipinski definition) is 4. The molecule has 4 nitrogen and oxygen atoms in total. The second-order valence-corrected chi connectivity index (χ2v) is 5.03. The van der Waals surface area contributed by atoms with Crippen LogP contribution in [-0.2, 0) is 13.0 Å². The zero-order chi connectivity index (χ0) is 16.7. The lowest BCUT2D eigenvalue weighted by molar-refractivity contribution is 0.352. The van der Waals surface area contributed by atoms with Crippen LogP contribution in [0.25, 0.3) is 0 Å². The number of nitrogens with one attached hydrogen (secondary N) is 1. The highest BCUT2D eigenvalue weighted by Crippen LogP contribution is 2.33. The summed E-state index contributed by atoms with van der Waals surface area (Å²) in [5, 5.41) is 12.2. The van der Waals surface area contributed by atoms with Crippen molar-refractivity contribution >= 4 is 5.69 Å². The van der Waals surface area contributed by atoms with Gasteiger partial charge in [-0.05, 0) is 48.4 Å². The summed E-state index contributed by atoms with van der Waals surface area (Å²) in [6.45, 7) is 4.44. The third-order valence-electron chi connectivity index (χ3n) is 3.49. The van der Waals surface area contributed by atoms with E-state index in [1.54, 1.807) is 26.4 Å². The molecule has 2 aromatic carbocycles. The van der Waals surface area contributed by atoms with Gasteiger partial charge in [0.2, 0.25) is 0 Å². The Morgan fingerprint density at radius 3 is 2.48 bits per heavy atom. The van der Waals surface area contributed by atoms with Gasteiger partial charge in [-0.25, -0.2) is 0 Å². The Morgan fingerprint density at radius 1 is 1.17 bits per heavy atom. The summed E-state index contributed by atoms with van der Waals surface area (Å²) in [6, 6.07) is 13.5. The first kappa shape index (κ1) is 16.4. The average Bonchev–Trinajstić information content (AvgIpc) is 2.60. The lowest BCUT2D eigenvalue weighted by Crippen LogP contribution is -2.03. The van der Waals surface area contributed by atoms with Gasteiger partial charge in [0.25, 0.3) is 0 Å². The normalized spacial score (nSPS) is 9.78. The molecule has 0 atom stereocenters. The lowest BCUT2D eigenvalue weighted by atomic mass is 10.1. The van der Waals surface area contributed by atoms with Crippen LogP contribution < -0.4 is 14.8 Å². The third kappa shape index (κ3) is 4.04. The maximum Gasteiger partial charge on any atom is 0.164 e. The van der Waals surface area contributed by atoms with Crippen LogP contribution in [0.3, 0.4) is 0 Å². The summed E-state index contributed by atoms with van der Waals surface area (Å²) >= 11 is 0. The highest BCUT2D eigenvalue weighted by atomic mass is 16.5. The number of methoxy groups -OCH3 is 2. The molecule has 1 N–H and O–H groups in total. The summed E-state index contributed by atoms with van der Waals surface area (Å²) < 4.78 is 10.9. The highest BCUT2D eigenvalue weighted by molar-refractivity contribution is 5.52. The first-order valence-electron chi connectivity index (χ1n) is 7.30. The molecule has 23 heavy (non-hydrogen) atoms. The standard InChI is InChI=1S/C19H20N2O2/c1-4-5-16-10-15(11-18(22-2)19(16)23-3)13-21-17-8-6-14(12-20)7-9-17/h4,6-11,21H,1,5,13H2,2-3H3. The van der Waals surface area contributed by atoms with E-state index in [0.717, 1.165) is 22.6 Å².